The Labute approximate surface area is 120 Å². The standard InChI is InChI=1S/C18H21NO/c1-13-7-8-14(2)16(11-13)12-18(20)17-6-4-3-5-15(17)9-10-19/h3-8,11H,9-10,12,19H2,1-2H3. The van der Waals surface area contributed by atoms with Crippen LogP contribution in [0, 0.1) is 13.8 Å². The third-order valence-corrected chi connectivity index (χ3v) is 3.59. The van der Waals surface area contributed by atoms with E-state index in [1.54, 1.807) is 0 Å². The summed E-state index contributed by atoms with van der Waals surface area (Å²) in [4.78, 5) is 12.5. The molecule has 0 aliphatic heterocycles. The molecule has 20 heavy (non-hydrogen) atoms. The minimum Gasteiger partial charge on any atom is -0.330 e. The number of hydrogen-bond donors (Lipinski definition) is 1. The molecule has 2 N–H and O–H groups in total. The van der Waals surface area contributed by atoms with E-state index in [2.05, 4.69) is 25.1 Å². The zero-order chi connectivity index (χ0) is 14.5. The van der Waals surface area contributed by atoms with E-state index in [1.807, 2.05) is 31.2 Å². The van der Waals surface area contributed by atoms with Crippen LogP contribution in [0.5, 0.6) is 0 Å². The van der Waals surface area contributed by atoms with Crippen molar-refractivity contribution in [2.45, 2.75) is 26.7 Å². The molecule has 0 unspecified atom stereocenters. The molecule has 0 fully saturated rings. The predicted molar refractivity (Wildman–Crippen MR) is 83.2 cm³/mol. The van der Waals surface area contributed by atoms with Crippen molar-refractivity contribution in [1.29, 1.82) is 0 Å². The molecule has 104 valence electrons. The predicted octanol–water partition coefficient (Wildman–Crippen LogP) is 3.23. The number of hydrogen-bond acceptors (Lipinski definition) is 2. The van der Waals surface area contributed by atoms with Gasteiger partial charge in [-0.15, -0.1) is 0 Å². The van der Waals surface area contributed by atoms with Crippen molar-refractivity contribution >= 4 is 5.78 Å². The van der Waals surface area contributed by atoms with Gasteiger partial charge in [0.15, 0.2) is 5.78 Å². The molecule has 0 atom stereocenters. The number of nitrogens with two attached hydrogens (primary N) is 1. The second kappa shape index (κ2) is 6.49. The normalized spacial score (nSPS) is 10.6. The number of carbonyl (C=O) groups excluding carboxylic acids is 1. The molecule has 0 saturated heterocycles. The van der Waals surface area contributed by atoms with Crippen molar-refractivity contribution < 1.29 is 4.79 Å². The summed E-state index contributed by atoms with van der Waals surface area (Å²) in [5, 5.41) is 0. The molecule has 2 aromatic rings. The molecule has 0 aromatic heterocycles. The topological polar surface area (TPSA) is 43.1 Å². The molecule has 0 bridgehead atoms. The smallest absolute Gasteiger partial charge is 0.167 e. The Morgan fingerprint density at radius 3 is 2.55 bits per heavy atom. The average Bonchev–Trinajstić information content (AvgIpc) is 2.44. The SMILES string of the molecule is Cc1ccc(C)c(CC(=O)c2ccccc2CCN)c1. The summed E-state index contributed by atoms with van der Waals surface area (Å²) in [6.07, 6.45) is 1.20. The van der Waals surface area contributed by atoms with Crippen LogP contribution >= 0.6 is 0 Å². The highest BCUT2D eigenvalue weighted by molar-refractivity contribution is 5.99. The van der Waals surface area contributed by atoms with Crippen molar-refractivity contribution in [1.82, 2.24) is 0 Å². The lowest BCUT2D eigenvalue weighted by Crippen LogP contribution is -2.11. The number of aryl methyl sites for hydroxylation is 2. The molecule has 0 aliphatic carbocycles. The van der Waals surface area contributed by atoms with Gasteiger partial charge in [-0.2, -0.15) is 0 Å². The van der Waals surface area contributed by atoms with Crippen molar-refractivity contribution in [2.75, 3.05) is 6.54 Å². The summed E-state index contributed by atoms with van der Waals surface area (Å²) in [5.41, 5.74) is 10.9. The average molecular weight is 267 g/mol. The van der Waals surface area contributed by atoms with E-state index in [4.69, 9.17) is 5.73 Å². The maximum absolute atomic E-state index is 12.5. The van der Waals surface area contributed by atoms with E-state index < -0.39 is 0 Å². The molecular weight excluding hydrogens is 246 g/mol. The van der Waals surface area contributed by atoms with E-state index in [9.17, 15) is 4.79 Å². The van der Waals surface area contributed by atoms with Gasteiger partial charge in [0.25, 0.3) is 0 Å². The fourth-order valence-electron chi connectivity index (χ4n) is 2.42. The van der Waals surface area contributed by atoms with Crippen LogP contribution in [0.3, 0.4) is 0 Å². The van der Waals surface area contributed by atoms with Crippen LogP contribution in [0.2, 0.25) is 0 Å². The summed E-state index contributed by atoms with van der Waals surface area (Å²) in [6, 6.07) is 14.0. The summed E-state index contributed by atoms with van der Waals surface area (Å²) >= 11 is 0. The first kappa shape index (κ1) is 14.5. The summed E-state index contributed by atoms with van der Waals surface area (Å²) in [5.74, 6) is 0.169. The summed E-state index contributed by atoms with van der Waals surface area (Å²) < 4.78 is 0. The monoisotopic (exact) mass is 267 g/mol. The first-order valence-electron chi connectivity index (χ1n) is 6.99. The van der Waals surface area contributed by atoms with Gasteiger partial charge in [-0.3, -0.25) is 4.79 Å². The maximum atomic E-state index is 12.5. The minimum atomic E-state index is 0.169. The fourth-order valence-corrected chi connectivity index (χ4v) is 2.42. The number of rotatable bonds is 5. The Morgan fingerprint density at radius 1 is 1.05 bits per heavy atom. The van der Waals surface area contributed by atoms with Gasteiger partial charge in [0.05, 0.1) is 0 Å². The number of carbonyl (C=O) groups is 1. The van der Waals surface area contributed by atoms with Gasteiger partial charge in [0.2, 0.25) is 0 Å². The van der Waals surface area contributed by atoms with Gasteiger partial charge < -0.3 is 5.73 Å². The molecule has 2 heteroatoms. The second-order valence-electron chi connectivity index (χ2n) is 5.23. The van der Waals surface area contributed by atoms with Crippen LogP contribution in [0.25, 0.3) is 0 Å². The van der Waals surface area contributed by atoms with Gasteiger partial charge in [0.1, 0.15) is 0 Å². The van der Waals surface area contributed by atoms with Crippen LogP contribution in [-0.2, 0) is 12.8 Å². The van der Waals surface area contributed by atoms with E-state index in [1.165, 1.54) is 11.1 Å². The summed E-state index contributed by atoms with van der Waals surface area (Å²) in [7, 11) is 0. The Kier molecular flexibility index (Phi) is 4.70. The minimum absolute atomic E-state index is 0.169. The Balaban J connectivity index is 2.26. The molecular formula is C18H21NO. The fraction of sp³-hybridized carbons (Fsp3) is 0.278. The first-order valence-corrected chi connectivity index (χ1v) is 6.99. The van der Waals surface area contributed by atoms with E-state index in [-0.39, 0.29) is 5.78 Å². The van der Waals surface area contributed by atoms with Crippen LogP contribution in [-0.4, -0.2) is 12.3 Å². The van der Waals surface area contributed by atoms with E-state index in [0.717, 1.165) is 23.1 Å². The highest BCUT2D eigenvalue weighted by atomic mass is 16.1. The molecule has 0 spiro atoms. The lowest BCUT2D eigenvalue weighted by molar-refractivity contribution is 0.0992. The lowest BCUT2D eigenvalue weighted by atomic mass is 9.94. The Bertz CT molecular complexity index is 617. The highest BCUT2D eigenvalue weighted by Crippen LogP contribution is 2.16. The molecule has 2 nitrogen and oxygen atoms in total. The zero-order valence-corrected chi connectivity index (χ0v) is 12.1. The quantitative estimate of drug-likeness (QED) is 0.845. The van der Waals surface area contributed by atoms with Gasteiger partial charge in [0, 0.05) is 12.0 Å². The van der Waals surface area contributed by atoms with Crippen LogP contribution in [0.1, 0.15) is 32.6 Å². The molecule has 0 saturated carbocycles. The molecule has 2 rings (SSSR count). The third-order valence-electron chi connectivity index (χ3n) is 3.59. The molecule has 0 heterocycles. The highest BCUT2D eigenvalue weighted by Gasteiger charge is 2.12. The van der Waals surface area contributed by atoms with Gasteiger partial charge in [-0.05, 0) is 43.5 Å². The lowest BCUT2D eigenvalue weighted by Gasteiger charge is -2.10. The van der Waals surface area contributed by atoms with E-state index >= 15 is 0 Å². The maximum Gasteiger partial charge on any atom is 0.167 e. The van der Waals surface area contributed by atoms with Crippen LogP contribution in [0.15, 0.2) is 42.5 Å². The van der Waals surface area contributed by atoms with Crippen LogP contribution in [0.4, 0.5) is 0 Å². The number of ketones is 1. The molecule has 2 aromatic carbocycles. The first-order chi connectivity index (χ1) is 9.61. The second-order valence-corrected chi connectivity index (χ2v) is 5.23. The Morgan fingerprint density at radius 2 is 1.80 bits per heavy atom. The molecule has 0 radical (unpaired) electrons. The third kappa shape index (κ3) is 3.34. The number of benzene rings is 2. The number of Topliss-reactive ketones (excluding diaryl/α,β-unsaturated/α-hetero) is 1. The van der Waals surface area contributed by atoms with Crippen molar-refractivity contribution in [2.24, 2.45) is 5.73 Å². The summed E-state index contributed by atoms with van der Waals surface area (Å²) in [6.45, 7) is 4.66. The molecule has 0 amide bonds. The Hall–Kier alpha value is -1.93. The van der Waals surface area contributed by atoms with Crippen molar-refractivity contribution in [3.8, 4) is 0 Å². The van der Waals surface area contributed by atoms with Crippen molar-refractivity contribution in [3.63, 3.8) is 0 Å². The van der Waals surface area contributed by atoms with E-state index in [0.29, 0.717) is 13.0 Å². The molecule has 0 aliphatic rings. The zero-order valence-electron chi connectivity index (χ0n) is 12.1. The van der Waals surface area contributed by atoms with Gasteiger partial charge in [-0.25, -0.2) is 0 Å². The van der Waals surface area contributed by atoms with Crippen molar-refractivity contribution in [3.05, 3.63) is 70.3 Å². The van der Waals surface area contributed by atoms with Gasteiger partial charge in [-0.1, -0.05) is 48.0 Å². The largest absolute Gasteiger partial charge is 0.330 e. The van der Waals surface area contributed by atoms with Crippen LogP contribution < -0.4 is 5.73 Å². The van der Waals surface area contributed by atoms with Gasteiger partial charge >= 0.3 is 0 Å².